The number of anilines is 1. The third-order valence-corrected chi connectivity index (χ3v) is 5.11. The zero-order valence-corrected chi connectivity index (χ0v) is 16.8. The molecule has 0 spiro atoms. The van der Waals surface area contributed by atoms with Crippen LogP contribution in [0.15, 0.2) is 29.3 Å². The Morgan fingerprint density at radius 2 is 2.14 bits per heavy atom. The summed E-state index contributed by atoms with van der Waals surface area (Å²) < 4.78 is 11.1. The van der Waals surface area contributed by atoms with E-state index in [1.54, 1.807) is 7.05 Å². The fourth-order valence-corrected chi connectivity index (χ4v) is 3.45. The molecule has 1 aromatic carbocycles. The van der Waals surface area contributed by atoms with Gasteiger partial charge in [-0.2, -0.15) is 0 Å². The predicted molar refractivity (Wildman–Crippen MR) is 111 cm³/mol. The molecule has 2 fully saturated rings. The first-order valence-corrected chi connectivity index (χ1v) is 10.3. The van der Waals surface area contributed by atoms with Crippen LogP contribution in [0.3, 0.4) is 0 Å². The Bertz CT molecular complexity index is 642. The molecule has 2 aliphatic heterocycles. The van der Waals surface area contributed by atoms with E-state index in [9.17, 15) is 4.79 Å². The highest BCUT2D eigenvalue weighted by Crippen LogP contribution is 2.21. The molecule has 28 heavy (non-hydrogen) atoms. The molecule has 2 saturated heterocycles. The number of nitrogens with zero attached hydrogens (tertiary/aromatic N) is 2. The average Bonchev–Trinajstić information content (AvgIpc) is 3.24. The van der Waals surface area contributed by atoms with Crippen molar-refractivity contribution in [2.75, 3.05) is 44.9 Å². The molecule has 0 bridgehead atoms. The van der Waals surface area contributed by atoms with Crippen molar-refractivity contribution in [3.63, 3.8) is 0 Å². The van der Waals surface area contributed by atoms with Crippen LogP contribution in [0.4, 0.5) is 5.69 Å². The topological polar surface area (TPSA) is 75.2 Å². The first-order valence-electron chi connectivity index (χ1n) is 10.3. The zero-order chi connectivity index (χ0) is 19.6. The van der Waals surface area contributed by atoms with Crippen molar-refractivity contribution < 1.29 is 14.3 Å². The lowest BCUT2D eigenvalue weighted by molar-refractivity contribution is -0.119. The minimum Gasteiger partial charge on any atom is -0.379 e. The molecule has 2 N–H and O–H groups in total. The highest BCUT2D eigenvalue weighted by Gasteiger charge is 2.19. The van der Waals surface area contributed by atoms with Crippen LogP contribution < -0.4 is 15.5 Å². The van der Waals surface area contributed by atoms with E-state index in [-0.39, 0.29) is 12.0 Å². The van der Waals surface area contributed by atoms with E-state index in [2.05, 4.69) is 27.8 Å². The molecule has 1 atom stereocenters. The summed E-state index contributed by atoms with van der Waals surface area (Å²) in [5, 5.41) is 6.63. The van der Waals surface area contributed by atoms with Crippen LogP contribution in [-0.2, 0) is 20.8 Å². The highest BCUT2D eigenvalue weighted by atomic mass is 16.5. The van der Waals surface area contributed by atoms with Gasteiger partial charge in [-0.15, -0.1) is 0 Å². The highest BCUT2D eigenvalue weighted by molar-refractivity contribution is 5.93. The van der Waals surface area contributed by atoms with Gasteiger partial charge in [0.05, 0.1) is 12.7 Å². The van der Waals surface area contributed by atoms with Crippen molar-refractivity contribution in [1.29, 1.82) is 0 Å². The number of rotatable bonds is 8. The van der Waals surface area contributed by atoms with Crippen LogP contribution >= 0.6 is 0 Å². The predicted octanol–water partition coefficient (Wildman–Crippen LogP) is 2.06. The van der Waals surface area contributed by atoms with Gasteiger partial charge in [0.2, 0.25) is 5.91 Å². The van der Waals surface area contributed by atoms with Gasteiger partial charge in [-0.25, -0.2) is 0 Å². The van der Waals surface area contributed by atoms with Gasteiger partial charge in [-0.3, -0.25) is 9.79 Å². The first kappa shape index (κ1) is 20.6. The fourth-order valence-electron chi connectivity index (χ4n) is 3.45. The van der Waals surface area contributed by atoms with E-state index in [1.165, 1.54) is 0 Å². The van der Waals surface area contributed by atoms with Crippen molar-refractivity contribution in [3.8, 4) is 0 Å². The normalized spacial score (nSPS) is 20.5. The lowest BCUT2D eigenvalue weighted by Crippen LogP contribution is -2.37. The number of aliphatic imine (C=N–C) groups is 1. The number of benzene rings is 1. The Balaban J connectivity index is 1.35. The molecule has 1 amide bonds. The van der Waals surface area contributed by atoms with Crippen molar-refractivity contribution >= 4 is 17.6 Å². The number of carbonyl (C=O) groups is 1. The molecule has 0 saturated carbocycles. The largest absolute Gasteiger partial charge is 0.379 e. The molecule has 2 heterocycles. The molecule has 1 unspecified atom stereocenters. The zero-order valence-electron chi connectivity index (χ0n) is 16.8. The van der Waals surface area contributed by atoms with E-state index in [0.717, 1.165) is 75.8 Å². The lowest BCUT2D eigenvalue weighted by atomic mass is 10.1. The molecule has 7 nitrogen and oxygen atoms in total. The number of piperidine rings is 1. The van der Waals surface area contributed by atoms with Gasteiger partial charge in [0.25, 0.3) is 0 Å². The van der Waals surface area contributed by atoms with E-state index >= 15 is 0 Å². The van der Waals surface area contributed by atoms with Crippen LogP contribution in [0.2, 0.25) is 0 Å². The fraction of sp³-hybridized carbons (Fsp3) is 0.619. The maximum Gasteiger partial charge on any atom is 0.226 e. The second-order valence-electron chi connectivity index (χ2n) is 7.23. The van der Waals surface area contributed by atoms with Crippen molar-refractivity contribution in [3.05, 3.63) is 29.8 Å². The van der Waals surface area contributed by atoms with Crippen molar-refractivity contribution in [2.45, 2.75) is 44.8 Å². The SMILES string of the molecule is CN=C(NCCCOC1CCOC1)NCc1ccc(N2CCCCC2=O)cc1. The summed E-state index contributed by atoms with van der Waals surface area (Å²) in [5.41, 5.74) is 2.14. The minimum absolute atomic E-state index is 0.228. The van der Waals surface area contributed by atoms with Gasteiger partial charge < -0.3 is 25.0 Å². The van der Waals surface area contributed by atoms with Crippen LogP contribution in [0.25, 0.3) is 0 Å². The maximum atomic E-state index is 12.0. The molecule has 7 heteroatoms. The minimum atomic E-state index is 0.228. The van der Waals surface area contributed by atoms with Gasteiger partial charge in [0, 0.05) is 52.0 Å². The number of guanidine groups is 1. The summed E-state index contributed by atoms with van der Waals surface area (Å²) in [6.07, 6.45) is 4.93. The molecule has 154 valence electrons. The Morgan fingerprint density at radius 1 is 1.29 bits per heavy atom. The summed E-state index contributed by atoms with van der Waals surface area (Å²) in [6.45, 7) is 4.59. The third kappa shape index (κ3) is 6.21. The maximum absolute atomic E-state index is 12.0. The molecule has 3 rings (SSSR count). The smallest absolute Gasteiger partial charge is 0.226 e. The van der Waals surface area contributed by atoms with Gasteiger partial charge in [-0.1, -0.05) is 12.1 Å². The lowest BCUT2D eigenvalue weighted by Gasteiger charge is -2.26. The molecule has 0 aromatic heterocycles. The van der Waals surface area contributed by atoms with Gasteiger partial charge in [0.1, 0.15) is 0 Å². The summed E-state index contributed by atoms with van der Waals surface area (Å²) in [7, 11) is 1.77. The van der Waals surface area contributed by atoms with E-state index in [1.807, 2.05) is 17.0 Å². The van der Waals surface area contributed by atoms with Crippen molar-refractivity contribution in [2.24, 2.45) is 4.99 Å². The average molecular weight is 389 g/mol. The number of hydrogen-bond acceptors (Lipinski definition) is 4. The van der Waals surface area contributed by atoms with E-state index < -0.39 is 0 Å². The Hall–Kier alpha value is -2.12. The van der Waals surface area contributed by atoms with Gasteiger partial charge >= 0.3 is 0 Å². The summed E-state index contributed by atoms with van der Waals surface area (Å²) in [4.78, 5) is 18.2. The Morgan fingerprint density at radius 3 is 2.86 bits per heavy atom. The summed E-state index contributed by atoms with van der Waals surface area (Å²) in [5.74, 6) is 1.01. The number of ether oxygens (including phenoxy) is 2. The molecule has 1 aromatic rings. The van der Waals surface area contributed by atoms with Gasteiger partial charge in [0.15, 0.2) is 5.96 Å². The second kappa shape index (κ2) is 11.0. The van der Waals surface area contributed by atoms with Crippen LogP contribution in [0.5, 0.6) is 0 Å². The molecule has 0 radical (unpaired) electrons. The third-order valence-electron chi connectivity index (χ3n) is 5.11. The van der Waals surface area contributed by atoms with Crippen LogP contribution in [0.1, 0.15) is 37.7 Å². The Labute approximate surface area is 167 Å². The number of amides is 1. The van der Waals surface area contributed by atoms with Crippen molar-refractivity contribution in [1.82, 2.24) is 10.6 Å². The summed E-state index contributed by atoms with van der Waals surface area (Å²) in [6, 6.07) is 8.19. The van der Waals surface area contributed by atoms with Gasteiger partial charge in [-0.05, 0) is 43.4 Å². The molecular formula is C21H32N4O3. The van der Waals surface area contributed by atoms with Crippen LogP contribution in [0, 0.1) is 0 Å². The number of nitrogens with one attached hydrogen (secondary N) is 2. The summed E-state index contributed by atoms with van der Waals surface area (Å²) >= 11 is 0. The number of hydrogen-bond donors (Lipinski definition) is 2. The quantitative estimate of drug-likeness (QED) is 0.405. The molecule has 0 aliphatic carbocycles. The molecule has 2 aliphatic rings. The van der Waals surface area contributed by atoms with Crippen LogP contribution in [-0.4, -0.2) is 57.9 Å². The second-order valence-corrected chi connectivity index (χ2v) is 7.23. The van der Waals surface area contributed by atoms with E-state index in [4.69, 9.17) is 9.47 Å². The van der Waals surface area contributed by atoms with E-state index in [0.29, 0.717) is 13.0 Å². The molecular weight excluding hydrogens is 356 g/mol. The standard InChI is InChI=1S/C21H32N4O3/c1-22-21(23-11-4-13-28-19-10-14-27-16-19)24-15-17-6-8-18(9-7-17)25-12-3-2-5-20(25)26/h6-9,19H,2-5,10-16H2,1H3,(H2,22,23,24). The monoisotopic (exact) mass is 388 g/mol. The Kier molecular flexibility index (Phi) is 8.11. The first-order chi connectivity index (χ1) is 13.8. The number of carbonyl (C=O) groups excluding carboxylic acids is 1.